The number of nitrogens with one attached hydrogen (secondary N) is 2. The van der Waals surface area contributed by atoms with Crippen molar-refractivity contribution in [1.29, 1.82) is 0 Å². The van der Waals surface area contributed by atoms with E-state index in [1.54, 1.807) is 0 Å². The Bertz CT molecular complexity index is 975. The highest BCUT2D eigenvalue weighted by molar-refractivity contribution is 5.76. The van der Waals surface area contributed by atoms with Crippen LogP contribution in [0.5, 0.6) is 0 Å². The molecule has 1 aliphatic heterocycles. The Kier molecular flexibility index (Phi) is 36.1. The maximum atomic E-state index is 13.0. The van der Waals surface area contributed by atoms with Gasteiger partial charge in [0.1, 0.15) is 30.5 Å². The molecule has 8 N–H and O–H groups in total. The molecule has 0 aromatic heterocycles. The molecule has 8 atom stereocenters. The third-order valence-electron chi connectivity index (χ3n) is 12.0. The van der Waals surface area contributed by atoms with Gasteiger partial charge < -0.3 is 50.7 Å². The zero-order valence-corrected chi connectivity index (χ0v) is 37.7. The number of aliphatic hydroxyl groups is 6. The van der Waals surface area contributed by atoms with Gasteiger partial charge >= 0.3 is 0 Å². The first kappa shape index (κ1) is 55.6. The fourth-order valence-electron chi connectivity index (χ4n) is 7.93. The average Bonchev–Trinajstić information content (AvgIpc) is 3.23. The van der Waals surface area contributed by atoms with Crippen LogP contribution >= 0.6 is 0 Å². The number of amides is 2. The summed E-state index contributed by atoms with van der Waals surface area (Å²) in [5.41, 5.74) is 0. The fraction of sp³-hybridized carbons (Fsp3) is 0.957. The molecule has 0 aliphatic carbocycles. The number of rotatable bonds is 41. The van der Waals surface area contributed by atoms with Crippen molar-refractivity contribution < 1.29 is 49.7 Å². The molecular weight excluding hydrogens is 753 g/mol. The molecule has 0 aromatic rings. The highest BCUT2D eigenvalue weighted by atomic mass is 16.7. The molecule has 1 fully saturated rings. The van der Waals surface area contributed by atoms with Crippen molar-refractivity contribution in [3.63, 3.8) is 0 Å². The Morgan fingerprint density at radius 2 is 0.983 bits per heavy atom. The number of hydrogen-bond acceptors (Lipinski definition) is 10. The van der Waals surface area contributed by atoms with E-state index < -0.39 is 55.6 Å². The van der Waals surface area contributed by atoms with E-state index >= 15 is 0 Å². The number of aliphatic hydroxyl groups excluding tert-OH is 6. The molecule has 0 radical (unpaired) electrons. The normalized spacial score (nSPS) is 21.0. The van der Waals surface area contributed by atoms with Gasteiger partial charge in [-0.3, -0.25) is 9.59 Å². The molecule has 350 valence electrons. The van der Waals surface area contributed by atoms with Crippen molar-refractivity contribution in [3.8, 4) is 0 Å². The van der Waals surface area contributed by atoms with Gasteiger partial charge in [0.25, 0.3) is 0 Å². The van der Waals surface area contributed by atoms with Gasteiger partial charge in [-0.1, -0.05) is 181 Å². The highest BCUT2D eigenvalue weighted by Crippen LogP contribution is 2.23. The summed E-state index contributed by atoms with van der Waals surface area (Å²) in [4.78, 5) is 25.1. The van der Waals surface area contributed by atoms with Gasteiger partial charge in [0, 0.05) is 19.4 Å². The van der Waals surface area contributed by atoms with Crippen LogP contribution in [0.15, 0.2) is 0 Å². The minimum Gasteiger partial charge on any atom is -0.394 e. The lowest BCUT2D eigenvalue weighted by atomic mass is 9.98. The minimum atomic E-state index is -1.62. The van der Waals surface area contributed by atoms with Crippen LogP contribution in [0.25, 0.3) is 0 Å². The Hall–Kier alpha value is -1.38. The summed E-state index contributed by atoms with van der Waals surface area (Å²) < 4.78 is 11.1. The average molecular weight is 845 g/mol. The van der Waals surface area contributed by atoms with E-state index in [0.29, 0.717) is 19.3 Å². The SMILES string of the molecule is CCCCCCCCCCCCCC[C@@H](O)[C@@H](O)[C@H](CO[C@H]1O[C@H](CO)[C@H](O)[C@H](O)[C@H]1O)NC(=O)CCCCCCCCCCCNC(=O)CCCCCCCCCC. The maximum absolute atomic E-state index is 13.0. The lowest BCUT2D eigenvalue weighted by Gasteiger charge is -2.40. The summed E-state index contributed by atoms with van der Waals surface area (Å²) in [5.74, 6) is -0.102. The van der Waals surface area contributed by atoms with Gasteiger partial charge in [0.2, 0.25) is 11.8 Å². The van der Waals surface area contributed by atoms with Gasteiger partial charge in [-0.25, -0.2) is 0 Å². The minimum absolute atomic E-state index is 0.181. The van der Waals surface area contributed by atoms with Gasteiger partial charge in [-0.15, -0.1) is 0 Å². The van der Waals surface area contributed by atoms with Crippen molar-refractivity contribution in [2.45, 2.75) is 268 Å². The third kappa shape index (κ3) is 28.8. The van der Waals surface area contributed by atoms with Crippen LogP contribution in [-0.2, 0) is 19.1 Å². The molecule has 0 bridgehead atoms. The third-order valence-corrected chi connectivity index (χ3v) is 12.0. The molecule has 1 rings (SSSR count). The Morgan fingerprint density at radius 1 is 0.559 bits per heavy atom. The molecule has 0 saturated carbocycles. The van der Waals surface area contributed by atoms with Gasteiger partial charge in [0.05, 0.1) is 25.4 Å². The van der Waals surface area contributed by atoms with Crippen LogP contribution in [-0.4, -0.2) is 111 Å². The molecule has 12 nitrogen and oxygen atoms in total. The van der Waals surface area contributed by atoms with Crippen LogP contribution < -0.4 is 10.6 Å². The molecule has 1 saturated heterocycles. The number of unbranched alkanes of at least 4 members (excludes halogenated alkanes) is 26. The predicted octanol–water partition coefficient (Wildman–Crippen LogP) is 7.65. The zero-order chi connectivity index (χ0) is 43.4. The molecule has 12 heteroatoms. The summed E-state index contributed by atoms with van der Waals surface area (Å²) in [6.45, 7) is 4.30. The molecule has 2 amide bonds. The van der Waals surface area contributed by atoms with E-state index in [9.17, 15) is 40.2 Å². The van der Waals surface area contributed by atoms with E-state index in [4.69, 9.17) is 9.47 Å². The van der Waals surface area contributed by atoms with Crippen molar-refractivity contribution in [2.24, 2.45) is 0 Å². The van der Waals surface area contributed by atoms with E-state index in [-0.39, 0.29) is 24.8 Å². The van der Waals surface area contributed by atoms with Crippen molar-refractivity contribution in [3.05, 3.63) is 0 Å². The first-order valence-electron chi connectivity index (χ1n) is 24.5. The van der Waals surface area contributed by atoms with Crippen molar-refractivity contribution in [1.82, 2.24) is 10.6 Å². The van der Waals surface area contributed by atoms with E-state index in [1.165, 1.54) is 89.9 Å². The largest absolute Gasteiger partial charge is 0.394 e. The number of carbonyl (C=O) groups excluding carboxylic acids is 2. The Morgan fingerprint density at radius 3 is 1.46 bits per heavy atom. The summed E-state index contributed by atoms with van der Waals surface area (Å²) in [7, 11) is 0. The monoisotopic (exact) mass is 845 g/mol. The van der Waals surface area contributed by atoms with E-state index in [1.807, 2.05) is 0 Å². The smallest absolute Gasteiger partial charge is 0.220 e. The number of carbonyl (C=O) groups is 2. The van der Waals surface area contributed by atoms with Gasteiger partial charge in [-0.2, -0.15) is 0 Å². The molecule has 0 unspecified atom stereocenters. The fourth-order valence-corrected chi connectivity index (χ4v) is 7.93. The second kappa shape index (κ2) is 38.3. The molecule has 1 heterocycles. The van der Waals surface area contributed by atoms with Crippen LogP contribution in [0, 0.1) is 0 Å². The summed E-state index contributed by atoms with van der Waals surface area (Å²) >= 11 is 0. The van der Waals surface area contributed by atoms with Crippen LogP contribution in [0.4, 0.5) is 0 Å². The highest BCUT2D eigenvalue weighted by Gasteiger charge is 2.44. The molecule has 1 aliphatic rings. The van der Waals surface area contributed by atoms with Crippen LogP contribution in [0.1, 0.15) is 219 Å². The lowest BCUT2D eigenvalue weighted by Crippen LogP contribution is -2.60. The summed E-state index contributed by atoms with van der Waals surface area (Å²) in [5, 5.41) is 68.2. The van der Waals surface area contributed by atoms with Gasteiger partial charge in [0.15, 0.2) is 6.29 Å². The number of ether oxygens (including phenoxy) is 2. The van der Waals surface area contributed by atoms with E-state index in [2.05, 4.69) is 24.5 Å². The number of hydrogen-bond donors (Lipinski definition) is 8. The molecule has 59 heavy (non-hydrogen) atoms. The lowest BCUT2D eigenvalue weighted by molar-refractivity contribution is -0.303. The topological polar surface area (TPSA) is 198 Å². The van der Waals surface area contributed by atoms with Gasteiger partial charge in [-0.05, 0) is 25.7 Å². The van der Waals surface area contributed by atoms with Crippen LogP contribution in [0.2, 0.25) is 0 Å². The maximum Gasteiger partial charge on any atom is 0.220 e. The zero-order valence-electron chi connectivity index (χ0n) is 37.7. The predicted molar refractivity (Wildman–Crippen MR) is 236 cm³/mol. The first-order valence-corrected chi connectivity index (χ1v) is 24.5. The second-order valence-corrected chi connectivity index (χ2v) is 17.4. The summed E-state index contributed by atoms with van der Waals surface area (Å²) in [6, 6.07) is -1.01. The molecular formula is C47H92N2O10. The van der Waals surface area contributed by atoms with Crippen LogP contribution in [0.3, 0.4) is 0 Å². The first-order chi connectivity index (χ1) is 28.7. The van der Waals surface area contributed by atoms with Crippen molar-refractivity contribution >= 4 is 11.8 Å². The Balaban J connectivity index is 2.33. The quantitative estimate of drug-likeness (QED) is 0.0283. The molecule has 0 aromatic carbocycles. The summed E-state index contributed by atoms with van der Waals surface area (Å²) in [6.07, 6.45) is 24.9. The Labute approximate surface area is 359 Å². The second-order valence-electron chi connectivity index (χ2n) is 17.4. The van der Waals surface area contributed by atoms with Crippen molar-refractivity contribution in [2.75, 3.05) is 19.8 Å². The standard InChI is InChI=1S/C47H92N2O10/c1-3-5-7-9-11-13-14-15-17-20-24-28-32-39(51)43(54)38(37-58-47-46(57)45(56)44(55)40(36-50)59-47)49-42(53)34-30-26-22-18-16-19-23-27-31-35-48-41(52)33-29-25-21-12-10-8-6-4-2/h38-40,43-47,50-51,54-57H,3-37H2,1-2H3,(H,48,52)(H,49,53)/t38-,39+,40+,43-,44-,45-,46+,47-/m0/s1. The van der Waals surface area contributed by atoms with E-state index in [0.717, 1.165) is 96.4 Å². The molecule has 0 spiro atoms.